The molecule has 0 bridgehead atoms. The minimum absolute atomic E-state index is 0.0254. The molecule has 1 aromatic carbocycles. The number of nitrogens with one attached hydrogen (secondary N) is 2. The van der Waals surface area contributed by atoms with Crippen LogP contribution < -0.4 is 10.6 Å². The number of hydrogen-bond acceptors (Lipinski definition) is 3. The first-order valence-electron chi connectivity index (χ1n) is 5.29. The standard InChI is InChI=1S/C12H18N2O2/c1-8-7-11(15)9(2)6-10(8)14-12(16)4-5-13-3/h6-7,13,15H,4-5H2,1-3H3,(H,14,16). The number of anilines is 1. The summed E-state index contributed by atoms with van der Waals surface area (Å²) in [5, 5.41) is 15.2. The van der Waals surface area contributed by atoms with E-state index in [1.165, 1.54) is 0 Å². The lowest BCUT2D eigenvalue weighted by atomic mass is 10.1. The normalized spacial score (nSPS) is 10.2. The van der Waals surface area contributed by atoms with E-state index in [1.54, 1.807) is 19.1 Å². The molecule has 1 aromatic rings. The Labute approximate surface area is 95.7 Å². The van der Waals surface area contributed by atoms with Crippen LogP contribution in [-0.4, -0.2) is 24.6 Å². The van der Waals surface area contributed by atoms with Crippen molar-refractivity contribution in [1.82, 2.24) is 5.32 Å². The fraction of sp³-hybridized carbons (Fsp3) is 0.417. The highest BCUT2D eigenvalue weighted by Crippen LogP contribution is 2.24. The Morgan fingerprint density at radius 3 is 2.62 bits per heavy atom. The number of carbonyl (C=O) groups is 1. The lowest BCUT2D eigenvalue weighted by molar-refractivity contribution is -0.116. The number of carbonyl (C=O) groups excluding carboxylic acids is 1. The van der Waals surface area contributed by atoms with Gasteiger partial charge < -0.3 is 15.7 Å². The molecule has 0 atom stereocenters. The zero-order valence-corrected chi connectivity index (χ0v) is 9.92. The van der Waals surface area contributed by atoms with Gasteiger partial charge in [0.15, 0.2) is 0 Å². The van der Waals surface area contributed by atoms with Gasteiger partial charge in [-0.15, -0.1) is 0 Å². The van der Waals surface area contributed by atoms with Gasteiger partial charge in [-0.25, -0.2) is 0 Å². The number of phenolic OH excluding ortho intramolecular Hbond substituents is 1. The average Bonchev–Trinajstić information content (AvgIpc) is 2.23. The SMILES string of the molecule is CNCCC(=O)Nc1cc(C)c(O)cc1C. The lowest BCUT2D eigenvalue weighted by Crippen LogP contribution is -2.19. The summed E-state index contributed by atoms with van der Waals surface area (Å²) >= 11 is 0. The third-order valence-electron chi connectivity index (χ3n) is 2.42. The quantitative estimate of drug-likeness (QED) is 0.677. The Balaban J connectivity index is 2.73. The monoisotopic (exact) mass is 222 g/mol. The molecule has 3 N–H and O–H groups in total. The van der Waals surface area contributed by atoms with Gasteiger partial charge in [-0.3, -0.25) is 4.79 Å². The Morgan fingerprint density at radius 1 is 1.31 bits per heavy atom. The molecule has 88 valence electrons. The molecule has 1 amide bonds. The first-order valence-corrected chi connectivity index (χ1v) is 5.29. The van der Waals surface area contributed by atoms with E-state index in [2.05, 4.69) is 10.6 Å². The predicted molar refractivity (Wildman–Crippen MR) is 64.8 cm³/mol. The summed E-state index contributed by atoms with van der Waals surface area (Å²) < 4.78 is 0. The Morgan fingerprint density at radius 2 is 2.00 bits per heavy atom. The Kier molecular flexibility index (Phi) is 4.31. The highest BCUT2D eigenvalue weighted by atomic mass is 16.3. The zero-order chi connectivity index (χ0) is 12.1. The van der Waals surface area contributed by atoms with Crippen molar-refractivity contribution in [1.29, 1.82) is 0 Å². The molecule has 0 aromatic heterocycles. The van der Waals surface area contributed by atoms with Crippen molar-refractivity contribution < 1.29 is 9.90 Å². The molecule has 0 spiro atoms. The van der Waals surface area contributed by atoms with E-state index in [0.29, 0.717) is 13.0 Å². The number of amides is 1. The average molecular weight is 222 g/mol. The number of benzene rings is 1. The molecule has 0 fully saturated rings. The molecule has 4 nitrogen and oxygen atoms in total. The van der Waals surface area contributed by atoms with Crippen LogP contribution in [0.2, 0.25) is 0 Å². The van der Waals surface area contributed by atoms with Crippen molar-refractivity contribution in [2.24, 2.45) is 0 Å². The second kappa shape index (κ2) is 5.51. The summed E-state index contributed by atoms with van der Waals surface area (Å²) in [5.41, 5.74) is 2.38. The van der Waals surface area contributed by atoms with Crippen molar-refractivity contribution in [3.63, 3.8) is 0 Å². The van der Waals surface area contributed by atoms with Gasteiger partial charge in [0.25, 0.3) is 0 Å². The second-order valence-corrected chi connectivity index (χ2v) is 3.86. The topological polar surface area (TPSA) is 61.4 Å². The summed E-state index contributed by atoms with van der Waals surface area (Å²) in [6.45, 7) is 4.31. The van der Waals surface area contributed by atoms with Crippen LogP contribution >= 0.6 is 0 Å². The van der Waals surface area contributed by atoms with Gasteiger partial charge >= 0.3 is 0 Å². The largest absolute Gasteiger partial charge is 0.508 e. The van der Waals surface area contributed by atoms with Crippen LogP contribution in [0.5, 0.6) is 5.75 Å². The number of rotatable bonds is 4. The van der Waals surface area contributed by atoms with Crippen molar-refractivity contribution in [2.45, 2.75) is 20.3 Å². The molecule has 1 rings (SSSR count). The molecular formula is C12H18N2O2. The molecule has 16 heavy (non-hydrogen) atoms. The number of aromatic hydroxyl groups is 1. The maximum absolute atomic E-state index is 11.5. The van der Waals surface area contributed by atoms with Crippen molar-refractivity contribution in [2.75, 3.05) is 18.9 Å². The summed E-state index contributed by atoms with van der Waals surface area (Å²) in [4.78, 5) is 11.5. The van der Waals surface area contributed by atoms with Gasteiger partial charge in [0.2, 0.25) is 5.91 Å². The maximum Gasteiger partial charge on any atom is 0.225 e. The zero-order valence-electron chi connectivity index (χ0n) is 9.92. The molecule has 0 aliphatic rings. The molecule has 0 saturated heterocycles. The molecule has 4 heteroatoms. The van der Waals surface area contributed by atoms with Crippen LogP contribution in [0.25, 0.3) is 0 Å². The fourth-order valence-corrected chi connectivity index (χ4v) is 1.39. The highest BCUT2D eigenvalue weighted by Gasteiger charge is 2.06. The summed E-state index contributed by atoms with van der Waals surface area (Å²) in [6.07, 6.45) is 0.440. The third kappa shape index (κ3) is 3.24. The van der Waals surface area contributed by atoms with E-state index in [-0.39, 0.29) is 11.7 Å². The van der Waals surface area contributed by atoms with Gasteiger partial charge in [0.1, 0.15) is 5.75 Å². The first kappa shape index (κ1) is 12.5. The van der Waals surface area contributed by atoms with E-state index >= 15 is 0 Å². The lowest BCUT2D eigenvalue weighted by Gasteiger charge is -2.10. The van der Waals surface area contributed by atoms with Gasteiger partial charge in [-0.2, -0.15) is 0 Å². The summed E-state index contributed by atoms with van der Waals surface area (Å²) in [7, 11) is 1.81. The number of phenols is 1. The minimum atomic E-state index is -0.0254. The Hall–Kier alpha value is -1.55. The van der Waals surface area contributed by atoms with Gasteiger partial charge in [-0.1, -0.05) is 0 Å². The van der Waals surface area contributed by atoms with Crippen molar-refractivity contribution >= 4 is 11.6 Å². The number of aryl methyl sites for hydroxylation is 2. The molecular weight excluding hydrogens is 204 g/mol. The van der Waals surface area contributed by atoms with Crippen LogP contribution in [0, 0.1) is 13.8 Å². The van der Waals surface area contributed by atoms with E-state index in [9.17, 15) is 9.90 Å². The molecule has 0 heterocycles. The molecule has 0 unspecified atom stereocenters. The first-order chi connectivity index (χ1) is 7.54. The number of hydrogen-bond donors (Lipinski definition) is 3. The van der Waals surface area contributed by atoms with Gasteiger partial charge in [0.05, 0.1) is 0 Å². The van der Waals surface area contributed by atoms with Crippen LogP contribution in [0.1, 0.15) is 17.5 Å². The molecule has 0 aliphatic carbocycles. The second-order valence-electron chi connectivity index (χ2n) is 3.86. The van der Waals surface area contributed by atoms with Crippen molar-refractivity contribution in [3.8, 4) is 5.75 Å². The predicted octanol–water partition coefficient (Wildman–Crippen LogP) is 1.56. The summed E-state index contributed by atoms with van der Waals surface area (Å²) in [6, 6.07) is 3.44. The van der Waals surface area contributed by atoms with Crippen LogP contribution in [-0.2, 0) is 4.79 Å². The molecule has 0 saturated carbocycles. The Bertz CT molecular complexity index is 389. The summed E-state index contributed by atoms with van der Waals surface area (Å²) in [5.74, 6) is 0.230. The fourth-order valence-electron chi connectivity index (χ4n) is 1.39. The van der Waals surface area contributed by atoms with E-state index in [1.807, 2.05) is 14.0 Å². The molecule has 0 radical (unpaired) electrons. The van der Waals surface area contributed by atoms with E-state index in [4.69, 9.17) is 0 Å². The van der Waals surface area contributed by atoms with Crippen LogP contribution in [0.15, 0.2) is 12.1 Å². The van der Waals surface area contributed by atoms with E-state index in [0.717, 1.165) is 16.8 Å². The highest BCUT2D eigenvalue weighted by molar-refractivity contribution is 5.91. The third-order valence-corrected chi connectivity index (χ3v) is 2.42. The molecule has 0 aliphatic heterocycles. The van der Waals surface area contributed by atoms with Crippen molar-refractivity contribution in [3.05, 3.63) is 23.3 Å². The van der Waals surface area contributed by atoms with E-state index < -0.39 is 0 Å². The maximum atomic E-state index is 11.5. The smallest absolute Gasteiger partial charge is 0.225 e. The van der Waals surface area contributed by atoms with Crippen LogP contribution in [0.3, 0.4) is 0 Å². The van der Waals surface area contributed by atoms with Crippen LogP contribution in [0.4, 0.5) is 5.69 Å². The van der Waals surface area contributed by atoms with Gasteiger partial charge in [0, 0.05) is 18.7 Å². The van der Waals surface area contributed by atoms with Gasteiger partial charge in [-0.05, 0) is 44.2 Å². The minimum Gasteiger partial charge on any atom is -0.508 e.